The zero-order valence-electron chi connectivity index (χ0n) is 18.7. The minimum Gasteiger partial charge on any atom is -0.493 e. The van der Waals surface area contributed by atoms with Gasteiger partial charge in [0.2, 0.25) is 11.7 Å². The van der Waals surface area contributed by atoms with Gasteiger partial charge in [-0.05, 0) is 37.0 Å². The van der Waals surface area contributed by atoms with Gasteiger partial charge in [-0.2, -0.15) is 5.26 Å². The Bertz CT molecular complexity index is 1120. The number of pyridine rings is 1. The van der Waals surface area contributed by atoms with Crippen LogP contribution >= 0.6 is 0 Å². The second-order valence-corrected chi connectivity index (χ2v) is 7.54. The number of nitrogens with one attached hydrogen (secondary N) is 1. The topological polar surface area (TPSA) is 155 Å². The number of carbonyl (C=O) groups is 2. The minimum atomic E-state index is -1.19. The molecule has 3 rings (SSSR count). The monoisotopic (exact) mass is 470 g/mol. The number of methoxy groups -OCH3 is 1. The van der Waals surface area contributed by atoms with Gasteiger partial charge in [0.25, 0.3) is 5.56 Å². The Kier molecular flexibility index (Phi) is 8.61. The minimum absolute atomic E-state index is 0.0128. The van der Waals surface area contributed by atoms with Crippen molar-refractivity contribution in [3.05, 3.63) is 57.5 Å². The number of aromatic nitrogens is 1. The van der Waals surface area contributed by atoms with E-state index in [0.29, 0.717) is 17.9 Å². The van der Waals surface area contributed by atoms with Gasteiger partial charge >= 0.3 is 6.09 Å². The van der Waals surface area contributed by atoms with E-state index in [1.54, 1.807) is 24.3 Å². The summed E-state index contributed by atoms with van der Waals surface area (Å²) in [6, 6.07) is 10.2. The lowest BCUT2D eigenvalue weighted by Crippen LogP contribution is -2.35. The molecule has 0 radical (unpaired) electrons. The third-order valence-electron chi connectivity index (χ3n) is 5.16. The van der Waals surface area contributed by atoms with E-state index in [-0.39, 0.29) is 25.4 Å². The fourth-order valence-corrected chi connectivity index (χ4v) is 3.41. The number of benzene rings is 1. The summed E-state index contributed by atoms with van der Waals surface area (Å²) in [4.78, 5) is 37.0. The van der Waals surface area contributed by atoms with Crippen LogP contribution in [0.1, 0.15) is 36.1 Å². The van der Waals surface area contributed by atoms with Gasteiger partial charge in [0.1, 0.15) is 6.54 Å². The van der Waals surface area contributed by atoms with Gasteiger partial charge in [-0.3, -0.25) is 14.2 Å². The number of nitrogens with zero attached hydrogens (tertiary/aromatic N) is 2. The predicted octanol–water partition coefficient (Wildman–Crippen LogP) is 1.55. The molecule has 11 heteroatoms. The number of hydrogen-bond donors (Lipinski definition) is 2. The van der Waals surface area contributed by atoms with Gasteiger partial charge < -0.3 is 30.0 Å². The summed E-state index contributed by atoms with van der Waals surface area (Å²) in [7, 11) is 1.31. The van der Waals surface area contributed by atoms with E-state index in [1.807, 2.05) is 6.07 Å². The number of nitrogens with two attached hydrogens (primary N) is 1. The summed E-state index contributed by atoms with van der Waals surface area (Å²) in [6.45, 7) is 0.389. The maximum Gasteiger partial charge on any atom is 0.410 e. The molecule has 0 bridgehead atoms. The van der Waals surface area contributed by atoms with Crippen LogP contribution in [0.25, 0.3) is 0 Å². The van der Waals surface area contributed by atoms with E-state index < -0.39 is 29.6 Å². The smallest absolute Gasteiger partial charge is 0.410 e. The van der Waals surface area contributed by atoms with Crippen molar-refractivity contribution in [3.63, 3.8) is 0 Å². The van der Waals surface area contributed by atoms with Crippen LogP contribution in [-0.2, 0) is 34.0 Å². The quantitative estimate of drug-likeness (QED) is 0.559. The lowest BCUT2D eigenvalue weighted by Gasteiger charge is -2.24. The number of amides is 2. The number of rotatable bonds is 9. The lowest BCUT2D eigenvalue weighted by molar-refractivity contribution is -0.170. The highest BCUT2D eigenvalue weighted by Crippen LogP contribution is 2.25. The lowest BCUT2D eigenvalue weighted by atomic mass is 10.1. The number of hydrogen-bond acceptors (Lipinski definition) is 8. The van der Waals surface area contributed by atoms with Gasteiger partial charge in [-0.1, -0.05) is 12.1 Å². The molecule has 2 heterocycles. The summed E-state index contributed by atoms with van der Waals surface area (Å²) in [5.74, 6) is -0.898. The summed E-state index contributed by atoms with van der Waals surface area (Å²) in [5, 5.41) is 11.6. The summed E-state index contributed by atoms with van der Waals surface area (Å²) in [6.07, 6.45) is 1.03. The molecular formula is C23H26N4O7. The van der Waals surface area contributed by atoms with E-state index in [1.165, 1.54) is 13.2 Å². The molecule has 1 fully saturated rings. The largest absolute Gasteiger partial charge is 0.493 e. The second-order valence-electron chi connectivity index (χ2n) is 7.54. The molecular weight excluding hydrogens is 444 g/mol. The zero-order valence-corrected chi connectivity index (χ0v) is 18.7. The Balaban J connectivity index is 1.80. The summed E-state index contributed by atoms with van der Waals surface area (Å²) < 4.78 is 22.5. The van der Waals surface area contributed by atoms with Gasteiger partial charge in [0.15, 0.2) is 12.0 Å². The van der Waals surface area contributed by atoms with Crippen LogP contribution in [-0.4, -0.2) is 36.6 Å². The van der Waals surface area contributed by atoms with Crippen molar-refractivity contribution < 1.29 is 28.5 Å². The molecule has 34 heavy (non-hydrogen) atoms. The predicted molar refractivity (Wildman–Crippen MR) is 119 cm³/mol. The molecule has 1 atom stereocenters. The Morgan fingerprint density at radius 2 is 2.06 bits per heavy atom. The van der Waals surface area contributed by atoms with Crippen LogP contribution in [0.4, 0.5) is 4.79 Å². The zero-order chi connectivity index (χ0) is 24.5. The van der Waals surface area contributed by atoms with Gasteiger partial charge in [0, 0.05) is 19.2 Å². The molecule has 0 spiro atoms. The molecule has 180 valence electrons. The van der Waals surface area contributed by atoms with Crippen molar-refractivity contribution in [1.29, 1.82) is 5.26 Å². The van der Waals surface area contributed by atoms with Crippen molar-refractivity contribution in [3.8, 4) is 17.6 Å². The van der Waals surface area contributed by atoms with E-state index in [4.69, 9.17) is 29.9 Å². The van der Waals surface area contributed by atoms with Crippen LogP contribution in [0.3, 0.4) is 0 Å². The van der Waals surface area contributed by atoms with Crippen molar-refractivity contribution in [1.82, 2.24) is 9.88 Å². The molecule has 1 saturated heterocycles. The average molecular weight is 470 g/mol. The number of carbonyl (C=O) groups excluding carboxylic acids is 2. The SMILES string of the molecule is COc1cc(COC2CCCCO2)n(CC(=O)NCc2ccc(C#N)cc2)c(=O)c1OC(N)=O. The van der Waals surface area contributed by atoms with Crippen LogP contribution in [0.5, 0.6) is 11.5 Å². The highest BCUT2D eigenvalue weighted by atomic mass is 16.7. The summed E-state index contributed by atoms with van der Waals surface area (Å²) in [5.41, 5.74) is 5.95. The average Bonchev–Trinajstić information content (AvgIpc) is 2.85. The van der Waals surface area contributed by atoms with Crippen LogP contribution in [0.15, 0.2) is 35.1 Å². The van der Waals surface area contributed by atoms with Gasteiger partial charge in [-0.15, -0.1) is 0 Å². The third kappa shape index (κ3) is 6.57. The highest BCUT2D eigenvalue weighted by molar-refractivity contribution is 5.76. The Hall–Kier alpha value is -3.88. The number of primary amides is 1. The van der Waals surface area contributed by atoms with Crippen LogP contribution < -0.4 is 26.1 Å². The van der Waals surface area contributed by atoms with E-state index in [2.05, 4.69) is 5.32 Å². The van der Waals surface area contributed by atoms with Crippen molar-refractivity contribution in [2.24, 2.45) is 5.73 Å². The van der Waals surface area contributed by atoms with E-state index >= 15 is 0 Å². The molecule has 2 amide bonds. The molecule has 1 unspecified atom stereocenters. The van der Waals surface area contributed by atoms with Crippen molar-refractivity contribution in [2.75, 3.05) is 13.7 Å². The van der Waals surface area contributed by atoms with Crippen molar-refractivity contribution in [2.45, 2.75) is 45.2 Å². The highest BCUT2D eigenvalue weighted by Gasteiger charge is 2.22. The molecule has 11 nitrogen and oxygen atoms in total. The van der Waals surface area contributed by atoms with E-state index in [9.17, 15) is 14.4 Å². The fourth-order valence-electron chi connectivity index (χ4n) is 3.41. The molecule has 1 aromatic carbocycles. The van der Waals surface area contributed by atoms with Crippen LogP contribution in [0.2, 0.25) is 0 Å². The maximum atomic E-state index is 13.1. The molecule has 0 saturated carbocycles. The first-order valence-corrected chi connectivity index (χ1v) is 10.7. The number of nitriles is 1. The summed E-state index contributed by atoms with van der Waals surface area (Å²) >= 11 is 0. The van der Waals surface area contributed by atoms with Crippen LogP contribution in [0, 0.1) is 11.3 Å². The first-order valence-electron chi connectivity index (χ1n) is 10.7. The Morgan fingerprint density at radius 1 is 1.29 bits per heavy atom. The maximum absolute atomic E-state index is 13.1. The second kappa shape index (κ2) is 11.8. The Morgan fingerprint density at radius 3 is 2.68 bits per heavy atom. The molecule has 3 N–H and O–H groups in total. The van der Waals surface area contributed by atoms with Gasteiger partial charge in [-0.25, -0.2) is 4.79 Å². The first-order chi connectivity index (χ1) is 16.4. The molecule has 2 aromatic rings. The molecule has 1 aliphatic rings. The molecule has 0 aliphatic carbocycles. The normalized spacial score (nSPS) is 15.2. The van der Waals surface area contributed by atoms with Gasteiger partial charge in [0.05, 0.1) is 31.0 Å². The third-order valence-corrected chi connectivity index (χ3v) is 5.16. The fraction of sp³-hybridized carbons (Fsp3) is 0.391. The van der Waals surface area contributed by atoms with E-state index in [0.717, 1.165) is 29.4 Å². The Labute approximate surface area is 196 Å². The first kappa shape index (κ1) is 24.8. The number of ether oxygens (including phenoxy) is 4. The standard InChI is InChI=1S/C23H26N4O7/c1-31-18-10-17(14-33-20-4-2-3-9-32-20)27(22(29)21(18)34-23(25)30)13-19(28)26-12-16-7-5-15(11-24)6-8-16/h5-8,10,20H,2-4,9,12-14H2,1H3,(H2,25,30)(H,26,28). The van der Waals surface area contributed by atoms with Crippen molar-refractivity contribution >= 4 is 12.0 Å². The molecule has 1 aromatic heterocycles. The molecule has 1 aliphatic heterocycles.